The van der Waals surface area contributed by atoms with E-state index < -0.39 is 0 Å². The van der Waals surface area contributed by atoms with E-state index in [1.165, 1.54) is 109 Å². The third kappa shape index (κ3) is 30.4. The number of ether oxygens (including phenoxy) is 3. The van der Waals surface area contributed by atoms with Gasteiger partial charge in [-0.15, -0.1) is 0 Å². The second kappa shape index (κ2) is 38.8. The smallest absolute Gasteiger partial charge is 0.308 e. The number of carbonyl (C=O) groups excluding carboxylic acids is 3. The predicted octanol–water partition coefficient (Wildman–Crippen LogP) is 10.7. The Bertz CT molecular complexity index is 914. The molecule has 1 heterocycles. The van der Waals surface area contributed by atoms with Gasteiger partial charge < -0.3 is 24.4 Å². The SMILES string of the molecule is CCCCCCCCC(CCCCCC)COC(=O)CCN(CCCOC(=O)C(CCCCCC)CCCCCCCC)C(=O)CCNCCN1CCOCC1. The minimum atomic E-state index is -0.222. The van der Waals surface area contributed by atoms with Crippen LogP contribution in [-0.2, 0) is 28.6 Å². The molecule has 0 saturated carbocycles. The average molecular weight is 794 g/mol. The van der Waals surface area contributed by atoms with Crippen molar-refractivity contribution in [3.8, 4) is 0 Å². The number of esters is 2. The van der Waals surface area contributed by atoms with Crippen LogP contribution in [0.2, 0.25) is 0 Å². The molecule has 1 saturated heterocycles. The molecule has 1 aliphatic heterocycles. The van der Waals surface area contributed by atoms with E-state index in [2.05, 4.69) is 37.9 Å². The summed E-state index contributed by atoms with van der Waals surface area (Å²) in [6.45, 7) is 16.3. The lowest BCUT2D eigenvalue weighted by molar-refractivity contribution is -0.149. The first kappa shape index (κ1) is 52.3. The van der Waals surface area contributed by atoms with Crippen LogP contribution in [0.4, 0.5) is 0 Å². The van der Waals surface area contributed by atoms with Crippen LogP contribution in [0.15, 0.2) is 0 Å². The Morgan fingerprint density at radius 3 is 1.70 bits per heavy atom. The number of carbonyl (C=O) groups is 3. The van der Waals surface area contributed by atoms with E-state index in [0.717, 1.165) is 84.3 Å². The first-order valence-electron chi connectivity index (χ1n) is 24.1. The average Bonchev–Trinajstić information content (AvgIpc) is 3.21. The maximum Gasteiger partial charge on any atom is 0.308 e. The second-order valence-corrected chi connectivity index (χ2v) is 16.7. The number of morpholine rings is 1. The Labute approximate surface area is 345 Å². The standard InChI is InChI=1S/C47H91N3O6/c1-5-9-13-17-19-22-27-43(26-21-15-11-7-3)42-56-46(52)31-35-50(45(51)30-32-48-33-36-49-37-40-54-41-38-49)34-25-39-55-47(53)44(28-23-16-12-8-4)29-24-20-18-14-10-6-2/h43-44,48H,5-42H2,1-4H3. The maximum atomic E-state index is 13.5. The van der Waals surface area contributed by atoms with Crippen LogP contribution < -0.4 is 5.32 Å². The van der Waals surface area contributed by atoms with Crippen molar-refractivity contribution in [1.82, 2.24) is 15.1 Å². The third-order valence-corrected chi connectivity index (χ3v) is 11.5. The number of hydrogen-bond donors (Lipinski definition) is 1. The fourth-order valence-corrected chi connectivity index (χ4v) is 7.71. The van der Waals surface area contributed by atoms with Crippen molar-refractivity contribution in [2.24, 2.45) is 11.8 Å². The molecule has 9 nitrogen and oxygen atoms in total. The summed E-state index contributed by atoms with van der Waals surface area (Å²) >= 11 is 0. The molecule has 0 aromatic heterocycles. The van der Waals surface area contributed by atoms with Gasteiger partial charge in [-0.2, -0.15) is 0 Å². The lowest BCUT2D eigenvalue weighted by atomic mass is 9.94. The third-order valence-electron chi connectivity index (χ3n) is 11.5. The zero-order chi connectivity index (χ0) is 40.7. The van der Waals surface area contributed by atoms with Gasteiger partial charge in [-0.05, 0) is 38.0 Å². The normalized spacial score (nSPS) is 14.4. The van der Waals surface area contributed by atoms with E-state index in [1.54, 1.807) is 4.90 Å². The second-order valence-electron chi connectivity index (χ2n) is 16.7. The molecule has 2 unspecified atom stereocenters. The molecule has 1 amide bonds. The first-order chi connectivity index (χ1) is 27.4. The largest absolute Gasteiger partial charge is 0.465 e. The highest BCUT2D eigenvalue weighted by Gasteiger charge is 2.21. The summed E-state index contributed by atoms with van der Waals surface area (Å²) in [7, 11) is 0. The van der Waals surface area contributed by atoms with Crippen LogP contribution in [0, 0.1) is 11.8 Å². The monoisotopic (exact) mass is 794 g/mol. The topological polar surface area (TPSA) is 97.4 Å². The van der Waals surface area contributed by atoms with Crippen LogP contribution in [0.1, 0.15) is 201 Å². The van der Waals surface area contributed by atoms with Crippen molar-refractivity contribution in [2.45, 2.75) is 201 Å². The molecule has 0 aliphatic carbocycles. The number of hydrogen-bond acceptors (Lipinski definition) is 8. The van der Waals surface area contributed by atoms with Crippen LogP contribution in [0.25, 0.3) is 0 Å². The van der Waals surface area contributed by atoms with Gasteiger partial charge in [0.05, 0.1) is 38.8 Å². The molecule has 0 aromatic rings. The van der Waals surface area contributed by atoms with E-state index in [9.17, 15) is 14.4 Å². The summed E-state index contributed by atoms with van der Waals surface area (Å²) in [5, 5.41) is 3.43. The maximum absolute atomic E-state index is 13.5. The van der Waals surface area contributed by atoms with E-state index in [1.807, 2.05) is 0 Å². The van der Waals surface area contributed by atoms with Gasteiger partial charge in [0.2, 0.25) is 5.91 Å². The molecule has 0 bridgehead atoms. The van der Waals surface area contributed by atoms with Crippen molar-refractivity contribution in [3.63, 3.8) is 0 Å². The van der Waals surface area contributed by atoms with Crippen molar-refractivity contribution in [2.75, 3.05) is 72.2 Å². The van der Waals surface area contributed by atoms with Gasteiger partial charge in [0.1, 0.15) is 0 Å². The minimum Gasteiger partial charge on any atom is -0.465 e. The number of nitrogens with one attached hydrogen (secondary N) is 1. The Kier molecular flexibility index (Phi) is 36.2. The number of amides is 1. The van der Waals surface area contributed by atoms with Crippen molar-refractivity contribution in [3.05, 3.63) is 0 Å². The molecule has 9 heteroatoms. The van der Waals surface area contributed by atoms with Crippen molar-refractivity contribution >= 4 is 17.8 Å². The fraction of sp³-hybridized carbons (Fsp3) is 0.936. The van der Waals surface area contributed by atoms with Gasteiger partial charge in [0.15, 0.2) is 0 Å². The summed E-state index contributed by atoms with van der Waals surface area (Å²) in [6, 6.07) is 0. The van der Waals surface area contributed by atoms with E-state index in [4.69, 9.17) is 14.2 Å². The lowest BCUT2D eigenvalue weighted by Gasteiger charge is -2.26. The summed E-state index contributed by atoms with van der Waals surface area (Å²) in [5.41, 5.74) is 0. The molecule has 1 fully saturated rings. The molecule has 2 atom stereocenters. The van der Waals surface area contributed by atoms with E-state index in [-0.39, 0.29) is 30.2 Å². The number of rotatable bonds is 40. The van der Waals surface area contributed by atoms with Gasteiger partial charge in [-0.3, -0.25) is 19.3 Å². The van der Waals surface area contributed by atoms with Gasteiger partial charge in [-0.1, -0.05) is 156 Å². The number of unbranched alkanes of at least 4 members (excludes halogenated alkanes) is 16. The molecule has 1 aliphatic rings. The summed E-state index contributed by atoms with van der Waals surface area (Å²) in [4.78, 5) is 44.0. The van der Waals surface area contributed by atoms with Crippen LogP contribution in [0.3, 0.4) is 0 Å². The van der Waals surface area contributed by atoms with Crippen LogP contribution in [-0.4, -0.2) is 99.9 Å². The molecule has 1 rings (SSSR count). The number of nitrogens with zero attached hydrogens (tertiary/aromatic N) is 2. The van der Waals surface area contributed by atoms with Crippen molar-refractivity contribution in [1.29, 1.82) is 0 Å². The Morgan fingerprint density at radius 1 is 0.607 bits per heavy atom. The molecule has 1 N–H and O–H groups in total. The zero-order valence-electron chi connectivity index (χ0n) is 37.4. The van der Waals surface area contributed by atoms with E-state index >= 15 is 0 Å². The molecule has 330 valence electrons. The summed E-state index contributed by atoms with van der Waals surface area (Å²) < 4.78 is 17.2. The Balaban J connectivity index is 2.69. The molecule has 0 aromatic carbocycles. The highest BCUT2D eigenvalue weighted by atomic mass is 16.5. The molecule has 0 radical (unpaired) electrons. The van der Waals surface area contributed by atoms with Gasteiger partial charge >= 0.3 is 11.9 Å². The molecular formula is C47H91N3O6. The summed E-state index contributed by atoms with van der Waals surface area (Å²) in [6.07, 6.45) is 29.6. The first-order valence-corrected chi connectivity index (χ1v) is 24.1. The zero-order valence-corrected chi connectivity index (χ0v) is 37.4. The fourth-order valence-electron chi connectivity index (χ4n) is 7.71. The Hall–Kier alpha value is -1.71. The highest BCUT2D eigenvalue weighted by Crippen LogP contribution is 2.22. The van der Waals surface area contributed by atoms with Gasteiger partial charge in [-0.25, -0.2) is 0 Å². The molecule has 0 spiro atoms. The lowest BCUT2D eigenvalue weighted by Crippen LogP contribution is -2.41. The Morgan fingerprint density at radius 2 is 1.12 bits per heavy atom. The van der Waals surface area contributed by atoms with Gasteiger partial charge in [0.25, 0.3) is 0 Å². The van der Waals surface area contributed by atoms with Crippen molar-refractivity contribution < 1.29 is 28.6 Å². The summed E-state index contributed by atoms with van der Waals surface area (Å²) in [5.74, 6) is 0.1000. The minimum absolute atomic E-state index is 0.0248. The highest BCUT2D eigenvalue weighted by molar-refractivity contribution is 5.77. The predicted molar refractivity (Wildman–Crippen MR) is 233 cm³/mol. The van der Waals surface area contributed by atoms with Crippen LogP contribution >= 0.6 is 0 Å². The van der Waals surface area contributed by atoms with Gasteiger partial charge in [0, 0.05) is 52.2 Å². The van der Waals surface area contributed by atoms with Crippen LogP contribution in [0.5, 0.6) is 0 Å². The molecular weight excluding hydrogens is 703 g/mol. The molecule has 56 heavy (non-hydrogen) atoms. The van der Waals surface area contributed by atoms with E-state index in [0.29, 0.717) is 51.6 Å². The quantitative estimate of drug-likeness (QED) is 0.0484.